The van der Waals surface area contributed by atoms with Crippen LogP contribution in [0.2, 0.25) is 0 Å². The predicted octanol–water partition coefficient (Wildman–Crippen LogP) is 0.248. The maximum atomic E-state index is 10.1. The van der Waals surface area contributed by atoms with Crippen LogP contribution in [0.5, 0.6) is 5.88 Å². The Morgan fingerprint density at radius 3 is 3.25 bits per heavy atom. The molecule has 1 aromatic heterocycles. The van der Waals surface area contributed by atoms with Gasteiger partial charge in [0.15, 0.2) is 0 Å². The molecule has 1 heterocycles. The highest BCUT2D eigenvalue weighted by atomic mass is 32.2. The van der Waals surface area contributed by atoms with Gasteiger partial charge in [-0.25, -0.2) is 8.93 Å². The van der Waals surface area contributed by atoms with Crippen molar-refractivity contribution in [2.24, 2.45) is 0 Å². The van der Waals surface area contributed by atoms with Gasteiger partial charge < -0.3 is 4.74 Å². The van der Waals surface area contributed by atoms with E-state index in [0.29, 0.717) is 19.0 Å². The second kappa shape index (κ2) is 5.20. The lowest BCUT2D eigenvalue weighted by molar-refractivity contribution is 0.313. The number of rotatable bonds is 5. The van der Waals surface area contributed by atoms with Crippen molar-refractivity contribution in [2.75, 3.05) is 13.2 Å². The van der Waals surface area contributed by atoms with Gasteiger partial charge in [0, 0.05) is 18.0 Å². The molecule has 1 unspecified atom stereocenters. The van der Waals surface area contributed by atoms with E-state index in [1.54, 1.807) is 11.4 Å². The van der Waals surface area contributed by atoms with Crippen molar-refractivity contribution >= 4 is 22.8 Å². The number of ether oxygens (including phenoxy) is 1. The maximum absolute atomic E-state index is 10.1. The minimum absolute atomic E-state index is 0.320. The second-order valence-electron chi connectivity index (χ2n) is 1.83. The van der Waals surface area contributed by atoms with E-state index in [1.807, 2.05) is 0 Å². The summed E-state index contributed by atoms with van der Waals surface area (Å²) in [6.45, 7) is 0.649. The number of nitrogens with one attached hydrogen (secondary N) is 1. The Kier molecular flexibility index (Phi) is 4.15. The molecule has 68 valence electrons. The Bertz CT molecular complexity index is 239. The Morgan fingerprint density at radius 1 is 1.83 bits per heavy atom. The number of hydrogen-bond donors (Lipinski definition) is 2. The molecule has 0 radical (unpaired) electrons. The third kappa shape index (κ3) is 3.77. The maximum Gasteiger partial charge on any atom is 0.231 e. The van der Waals surface area contributed by atoms with Crippen molar-refractivity contribution in [1.29, 1.82) is 0 Å². The Labute approximate surface area is 76.3 Å². The molecule has 0 bridgehead atoms. The molecule has 1 atom stereocenters. The summed E-state index contributed by atoms with van der Waals surface area (Å²) in [6.07, 6.45) is 0. The molecule has 0 fully saturated rings. The van der Waals surface area contributed by atoms with Crippen molar-refractivity contribution in [3.8, 4) is 5.88 Å². The number of hydrogen-bond acceptors (Lipinski definition) is 4. The summed E-state index contributed by atoms with van der Waals surface area (Å²) in [5.41, 5.74) is 0. The fraction of sp³-hybridized carbons (Fsp3) is 0.400. The molecule has 5 nitrogen and oxygen atoms in total. The molecule has 2 N–H and O–H groups in total. The Hall–Kier alpha value is -0.500. The molecule has 0 aromatic carbocycles. The first-order valence-corrected chi connectivity index (χ1v) is 5.11. The van der Waals surface area contributed by atoms with Gasteiger partial charge in [0.1, 0.15) is 6.61 Å². The summed E-state index contributed by atoms with van der Waals surface area (Å²) in [7, 11) is 0. The predicted molar refractivity (Wildman–Crippen MR) is 46.4 cm³/mol. The van der Waals surface area contributed by atoms with Crippen LogP contribution in [0.1, 0.15) is 0 Å². The average Bonchev–Trinajstić information content (AvgIpc) is 2.49. The molecule has 0 saturated carbocycles. The van der Waals surface area contributed by atoms with Crippen LogP contribution in [0.4, 0.5) is 0 Å². The summed E-state index contributed by atoms with van der Waals surface area (Å²) in [6, 6.07) is 1.74. The molecular weight excluding hydrogens is 200 g/mol. The SMILES string of the molecule is O=S(O)NCCOc1ccsn1. The van der Waals surface area contributed by atoms with Gasteiger partial charge in [-0.1, -0.05) is 0 Å². The van der Waals surface area contributed by atoms with Crippen LogP contribution in [0.15, 0.2) is 11.4 Å². The van der Waals surface area contributed by atoms with E-state index < -0.39 is 11.3 Å². The average molecular weight is 208 g/mol. The Balaban J connectivity index is 2.07. The zero-order valence-electron chi connectivity index (χ0n) is 6.10. The van der Waals surface area contributed by atoms with Gasteiger partial charge in [-0.3, -0.25) is 4.55 Å². The van der Waals surface area contributed by atoms with Crippen molar-refractivity contribution in [3.63, 3.8) is 0 Å². The number of nitrogens with zero attached hydrogens (tertiary/aromatic N) is 1. The minimum atomic E-state index is -1.96. The minimum Gasteiger partial charge on any atom is -0.476 e. The highest BCUT2D eigenvalue weighted by molar-refractivity contribution is 7.77. The molecule has 0 aliphatic rings. The molecule has 0 amide bonds. The van der Waals surface area contributed by atoms with Gasteiger partial charge in [-0.05, 0) is 11.5 Å². The lowest BCUT2D eigenvalue weighted by atomic mass is 10.7. The first-order valence-electron chi connectivity index (χ1n) is 3.16. The number of aromatic nitrogens is 1. The van der Waals surface area contributed by atoms with Crippen molar-refractivity contribution < 1.29 is 13.5 Å². The Morgan fingerprint density at radius 2 is 2.67 bits per heavy atom. The van der Waals surface area contributed by atoms with Crippen molar-refractivity contribution in [1.82, 2.24) is 9.10 Å². The smallest absolute Gasteiger partial charge is 0.231 e. The molecule has 1 aromatic rings. The second-order valence-corrected chi connectivity index (χ2v) is 3.28. The van der Waals surface area contributed by atoms with Crippen LogP contribution in [0, 0.1) is 0 Å². The summed E-state index contributed by atoms with van der Waals surface area (Å²) in [5, 5.41) is 1.80. The van der Waals surface area contributed by atoms with Crippen molar-refractivity contribution in [2.45, 2.75) is 0 Å². The molecule has 0 aliphatic heterocycles. The molecule has 7 heteroatoms. The van der Waals surface area contributed by atoms with Crippen LogP contribution in [0.3, 0.4) is 0 Å². The molecular formula is C5H8N2O3S2. The van der Waals surface area contributed by atoms with Crippen LogP contribution in [-0.2, 0) is 11.3 Å². The summed E-state index contributed by atoms with van der Waals surface area (Å²) in [5.74, 6) is 0.547. The van der Waals surface area contributed by atoms with Gasteiger partial charge in [0.25, 0.3) is 0 Å². The zero-order valence-corrected chi connectivity index (χ0v) is 7.73. The molecule has 12 heavy (non-hydrogen) atoms. The summed E-state index contributed by atoms with van der Waals surface area (Å²) < 4.78 is 29.7. The summed E-state index contributed by atoms with van der Waals surface area (Å²) >= 11 is -0.663. The monoisotopic (exact) mass is 208 g/mol. The van der Waals surface area contributed by atoms with Crippen LogP contribution >= 0.6 is 11.5 Å². The zero-order chi connectivity index (χ0) is 8.81. The topological polar surface area (TPSA) is 71.5 Å². The molecule has 0 aliphatic carbocycles. The van der Waals surface area contributed by atoms with E-state index in [4.69, 9.17) is 9.29 Å². The van der Waals surface area contributed by atoms with Crippen LogP contribution in [0.25, 0.3) is 0 Å². The lowest BCUT2D eigenvalue weighted by Gasteiger charge is -2.00. The van der Waals surface area contributed by atoms with E-state index in [0.717, 1.165) is 0 Å². The van der Waals surface area contributed by atoms with Gasteiger partial charge >= 0.3 is 0 Å². The fourth-order valence-electron chi connectivity index (χ4n) is 0.560. The van der Waals surface area contributed by atoms with E-state index in [9.17, 15) is 4.21 Å². The van der Waals surface area contributed by atoms with Gasteiger partial charge in [0.2, 0.25) is 17.1 Å². The van der Waals surface area contributed by atoms with E-state index in [1.165, 1.54) is 11.5 Å². The molecule has 0 spiro atoms. The molecule has 1 rings (SSSR count). The third-order valence-corrected chi connectivity index (χ3v) is 1.99. The van der Waals surface area contributed by atoms with E-state index in [2.05, 4.69) is 9.10 Å². The quantitative estimate of drug-likeness (QED) is 0.537. The van der Waals surface area contributed by atoms with Gasteiger partial charge in [0.05, 0.1) is 0 Å². The van der Waals surface area contributed by atoms with Crippen LogP contribution in [-0.4, -0.2) is 26.3 Å². The molecule has 0 saturated heterocycles. The largest absolute Gasteiger partial charge is 0.476 e. The fourth-order valence-corrected chi connectivity index (χ4v) is 1.27. The first-order chi connectivity index (χ1) is 5.79. The van der Waals surface area contributed by atoms with Gasteiger partial charge in [-0.2, -0.15) is 4.37 Å². The van der Waals surface area contributed by atoms with Crippen molar-refractivity contribution in [3.05, 3.63) is 11.4 Å². The normalized spacial score (nSPS) is 12.8. The summed E-state index contributed by atoms with van der Waals surface area (Å²) in [4.78, 5) is 0. The highest BCUT2D eigenvalue weighted by Gasteiger charge is 1.95. The third-order valence-electron chi connectivity index (χ3n) is 0.992. The van der Waals surface area contributed by atoms with E-state index in [-0.39, 0.29) is 0 Å². The first kappa shape index (κ1) is 9.59. The van der Waals surface area contributed by atoms with Crippen LogP contribution < -0.4 is 9.46 Å². The standard InChI is InChI=1S/C5H8N2O3S2/c8-12(9)6-2-3-10-5-1-4-11-7-5/h1,4,6H,2-3H2,(H,8,9). The lowest BCUT2D eigenvalue weighted by Crippen LogP contribution is -2.22. The highest BCUT2D eigenvalue weighted by Crippen LogP contribution is 2.07. The van der Waals surface area contributed by atoms with E-state index >= 15 is 0 Å². The van der Waals surface area contributed by atoms with Gasteiger partial charge in [-0.15, -0.1) is 0 Å².